The minimum atomic E-state index is -2.98. The zero-order valence-electron chi connectivity index (χ0n) is 9.52. The summed E-state index contributed by atoms with van der Waals surface area (Å²) >= 11 is 0. The van der Waals surface area contributed by atoms with Crippen molar-refractivity contribution in [1.82, 2.24) is 5.32 Å². The predicted octanol–water partition coefficient (Wildman–Crippen LogP) is 1.59. The fraction of sp³-hybridized carbons (Fsp3) is 0.417. The van der Waals surface area contributed by atoms with Gasteiger partial charge in [0.2, 0.25) is 0 Å². The molecule has 1 radical (unpaired) electrons. The molecule has 1 aromatic carbocycles. The van der Waals surface area contributed by atoms with Crippen LogP contribution >= 0.6 is 0 Å². The van der Waals surface area contributed by atoms with Gasteiger partial charge in [0.1, 0.15) is 9.84 Å². The Morgan fingerprint density at radius 3 is 2.44 bits per heavy atom. The molecule has 1 rings (SSSR count). The van der Waals surface area contributed by atoms with E-state index in [1.165, 1.54) is 6.26 Å². The molecule has 0 saturated heterocycles. The van der Waals surface area contributed by atoms with Crippen molar-refractivity contribution < 1.29 is 8.42 Å². The fourth-order valence-electron chi connectivity index (χ4n) is 1.54. The van der Waals surface area contributed by atoms with Gasteiger partial charge < -0.3 is 5.32 Å². The van der Waals surface area contributed by atoms with Gasteiger partial charge in [-0.25, -0.2) is 8.42 Å². The van der Waals surface area contributed by atoms with E-state index in [0.29, 0.717) is 0 Å². The molecule has 1 N–H and O–H groups in total. The van der Waals surface area contributed by atoms with Crippen molar-refractivity contribution in [3.05, 3.63) is 42.8 Å². The second-order valence-electron chi connectivity index (χ2n) is 3.86. The van der Waals surface area contributed by atoms with E-state index in [0.717, 1.165) is 18.5 Å². The average Bonchev–Trinajstić information content (AvgIpc) is 2.24. The zero-order chi connectivity index (χ0) is 12.0. The predicted molar refractivity (Wildman–Crippen MR) is 66.9 cm³/mol. The van der Waals surface area contributed by atoms with Gasteiger partial charge in [-0.15, -0.1) is 0 Å². The van der Waals surface area contributed by atoms with E-state index in [4.69, 9.17) is 0 Å². The molecular formula is C12H18NO2S. The second kappa shape index (κ2) is 6.01. The Kier molecular flexibility index (Phi) is 4.96. The second-order valence-corrected chi connectivity index (χ2v) is 6.05. The summed E-state index contributed by atoms with van der Waals surface area (Å²) in [4.78, 5) is 0. The molecular weight excluding hydrogens is 222 g/mol. The Morgan fingerprint density at radius 2 is 1.94 bits per heavy atom. The monoisotopic (exact) mass is 240 g/mol. The molecule has 89 valence electrons. The van der Waals surface area contributed by atoms with Crippen LogP contribution in [-0.4, -0.2) is 27.0 Å². The highest BCUT2D eigenvalue weighted by molar-refractivity contribution is 7.90. The standard InChI is InChI=1S/C12H18NO2S/c1-3-9-13-12(10-16(2,14)15)11-7-5-4-6-8-11/h4-8,12-13H,1,3,9-10H2,2H3/t12-/m1/s1. The molecule has 0 amide bonds. The van der Waals surface area contributed by atoms with Crippen LogP contribution in [0.2, 0.25) is 0 Å². The van der Waals surface area contributed by atoms with Crippen LogP contribution in [-0.2, 0) is 9.84 Å². The Balaban J connectivity index is 2.79. The summed E-state index contributed by atoms with van der Waals surface area (Å²) in [6.45, 7) is 4.45. The Bertz CT molecular complexity index is 400. The highest BCUT2D eigenvalue weighted by Crippen LogP contribution is 2.14. The third kappa shape index (κ3) is 4.77. The SMILES string of the molecule is [CH2]CCN[C@H](CS(C)(=O)=O)c1ccccc1. The highest BCUT2D eigenvalue weighted by Gasteiger charge is 2.15. The summed E-state index contributed by atoms with van der Waals surface area (Å²) in [5.74, 6) is 0.122. The summed E-state index contributed by atoms with van der Waals surface area (Å²) in [7, 11) is -2.98. The van der Waals surface area contributed by atoms with Gasteiger partial charge in [-0.1, -0.05) is 37.3 Å². The van der Waals surface area contributed by atoms with Crippen LogP contribution in [0, 0.1) is 6.92 Å². The van der Waals surface area contributed by atoms with E-state index < -0.39 is 9.84 Å². The van der Waals surface area contributed by atoms with Gasteiger partial charge in [0.25, 0.3) is 0 Å². The van der Waals surface area contributed by atoms with Crippen molar-refractivity contribution in [2.45, 2.75) is 12.5 Å². The number of nitrogens with one attached hydrogen (secondary N) is 1. The Labute approximate surface area is 97.8 Å². The molecule has 0 saturated carbocycles. The lowest BCUT2D eigenvalue weighted by Gasteiger charge is -2.17. The van der Waals surface area contributed by atoms with Crippen LogP contribution in [0.25, 0.3) is 0 Å². The van der Waals surface area contributed by atoms with Crippen molar-refractivity contribution in [2.75, 3.05) is 18.6 Å². The summed E-state index contributed by atoms with van der Waals surface area (Å²) in [5.41, 5.74) is 1.00. The van der Waals surface area contributed by atoms with Gasteiger partial charge in [-0.3, -0.25) is 0 Å². The van der Waals surface area contributed by atoms with Gasteiger partial charge in [0, 0.05) is 12.3 Å². The van der Waals surface area contributed by atoms with Gasteiger partial charge >= 0.3 is 0 Å². The molecule has 0 aromatic heterocycles. The highest BCUT2D eigenvalue weighted by atomic mass is 32.2. The van der Waals surface area contributed by atoms with Crippen molar-refractivity contribution in [3.63, 3.8) is 0 Å². The topological polar surface area (TPSA) is 46.2 Å². The summed E-state index contributed by atoms with van der Waals surface area (Å²) in [5, 5.41) is 3.20. The first kappa shape index (κ1) is 13.2. The first-order valence-corrected chi connectivity index (χ1v) is 7.34. The molecule has 0 unspecified atom stereocenters. The van der Waals surface area contributed by atoms with Crippen LogP contribution in [0.4, 0.5) is 0 Å². The largest absolute Gasteiger partial charge is 0.309 e. The Morgan fingerprint density at radius 1 is 1.31 bits per heavy atom. The molecule has 0 aliphatic heterocycles. The summed E-state index contributed by atoms with van der Waals surface area (Å²) in [6, 6.07) is 9.48. The average molecular weight is 240 g/mol. The van der Waals surface area contributed by atoms with Gasteiger partial charge in [-0.05, 0) is 18.5 Å². The lowest BCUT2D eigenvalue weighted by molar-refractivity contribution is 0.555. The van der Waals surface area contributed by atoms with Crippen LogP contribution in [0.5, 0.6) is 0 Å². The smallest absolute Gasteiger partial charge is 0.149 e. The van der Waals surface area contributed by atoms with Crippen molar-refractivity contribution in [2.24, 2.45) is 0 Å². The quantitative estimate of drug-likeness (QED) is 0.821. The lowest BCUT2D eigenvalue weighted by atomic mass is 10.1. The van der Waals surface area contributed by atoms with E-state index in [1.807, 2.05) is 30.3 Å². The molecule has 16 heavy (non-hydrogen) atoms. The van der Waals surface area contributed by atoms with Crippen LogP contribution in [0.3, 0.4) is 0 Å². The number of hydrogen-bond donors (Lipinski definition) is 1. The molecule has 3 nitrogen and oxygen atoms in total. The third-order valence-electron chi connectivity index (χ3n) is 2.24. The molecule has 1 aromatic rings. The number of benzene rings is 1. The van der Waals surface area contributed by atoms with E-state index in [1.54, 1.807) is 0 Å². The molecule has 0 heterocycles. The molecule has 0 spiro atoms. The van der Waals surface area contributed by atoms with E-state index >= 15 is 0 Å². The first-order chi connectivity index (χ1) is 7.53. The number of hydrogen-bond acceptors (Lipinski definition) is 3. The maximum absolute atomic E-state index is 11.3. The zero-order valence-corrected chi connectivity index (χ0v) is 10.3. The molecule has 0 aliphatic carbocycles. The summed E-state index contributed by atoms with van der Waals surface area (Å²) in [6.07, 6.45) is 2.00. The van der Waals surface area contributed by atoms with Crippen LogP contribution in [0.15, 0.2) is 30.3 Å². The van der Waals surface area contributed by atoms with Crippen LogP contribution in [0.1, 0.15) is 18.0 Å². The normalized spacial score (nSPS) is 13.6. The molecule has 4 heteroatoms. The maximum Gasteiger partial charge on any atom is 0.149 e. The molecule has 1 atom stereocenters. The van der Waals surface area contributed by atoms with Gasteiger partial charge in [0.15, 0.2) is 0 Å². The van der Waals surface area contributed by atoms with Gasteiger partial charge in [-0.2, -0.15) is 0 Å². The van der Waals surface area contributed by atoms with E-state index in [-0.39, 0.29) is 11.8 Å². The molecule has 0 aliphatic rings. The number of sulfone groups is 1. The molecule has 0 fully saturated rings. The summed E-state index contributed by atoms with van der Waals surface area (Å²) < 4.78 is 22.6. The van der Waals surface area contributed by atoms with Gasteiger partial charge in [0.05, 0.1) is 5.75 Å². The van der Waals surface area contributed by atoms with Crippen molar-refractivity contribution in [3.8, 4) is 0 Å². The lowest BCUT2D eigenvalue weighted by Crippen LogP contribution is -2.28. The minimum absolute atomic E-state index is 0.122. The number of rotatable bonds is 6. The Hall–Kier alpha value is -0.870. The van der Waals surface area contributed by atoms with E-state index in [9.17, 15) is 8.42 Å². The van der Waals surface area contributed by atoms with Crippen molar-refractivity contribution in [1.29, 1.82) is 0 Å². The van der Waals surface area contributed by atoms with Crippen LogP contribution < -0.4 is 5.32 Å². The molecule has 0 bridgehead atoms. The van der Waals surface area contributed by atoms with E-state index in [2.05, 4.69) is 12.2 Å². The van der Waals surface area contributed by atoms with Crippen molar-refractivity contribution >= 4 is 9.84 Å². The minimum Gasteiger partial charge on any atom is -0.309 e. The maximum atomic E-state index is 11.3. The third-order valence-corrected chi connectivity index (χ3v) is 3.18. The first-order valence-electron chi connectivity index (χ1n) is 5.28. The fourth-order valence-corrected chi connectivity index (χ4v) is 2.45.